The Morgan fingerprint density at radius 1 is 1.31 bits per heavy atom. The van der Waals surface area contributed by atoms with Gasteiger partial charge < -0.3 is 4.90 Å². The van der Waals surface area contributed by atoms with Crippen LogP contribution in [0.5, 0.6) is 0 Å². The number of anilines is 1. The molecule has 1 aromatic carbocycles. The molecule has 0 fully saturated rings. The van der Waals surface area contributed by atoms with Gasteiger partial charge in [0.05, 0.1) is 0 Å². The third-order valence-corrected chi connectivity index (χ3v) is 4.76. The maximum absolute atomic E-state index is 11.3. The molecule has 3 nitrogen and oxygen atoms in total. The predicted molar refractivity (Wildman–Crippen MR) is 69.2 cm³/mol. The Morgan fingerprint density at radius 2 is 2.00 bits per heavy atom. The van der Waals surface area contributed by atoms with E-state index in [0.717, 1.165) is 10.4 Å². The molecule has 2 rings (SSSR count). The Kier molecular flexibility index (Phi) is 2.86. The van der Waals surface area contributed by atoms with Gasteiger partial charge in [-0.1, -0.05) is 6.07 Å². The zero-order chi connectivity index (χ0) is 11.9. The van der Waals surface area contributed by atoms with E-state index >= 15 is 0 Å². The average molecular weight is 276 g/mol. The van der Waals surface area contributed by atoms with Crippen LogP contribution in [0.2, 0.25) is 0 Å². The summed E-state index contributed by atoms with van der Waals surface area (Å²) in [6.07, 6.45) is 0. The summed E-state index contributed by atoms with van der Waals surface area (Å²) in [4.78, 5) is 2.16. The van der Waals surface area contributed by atoms with Gasteiger partial charge in [0.2, 0.25) is 0 Å². The van der Waals surface area contributed by atoms with Crippen molar-refractivity contribution in [2.45, 2.75) is 4.90 Å². The van der Waals surface area contributed by atoms with Crippen LogP contribution in [0, 0.1) is 0 Å². The number of hydrogen-bond acceptors (Lipinski definition) is 4. The van der Waals surface area contributed by atoms with Crippen molar-refractivity contribution in [2.75, 3.05) is 19.0 Å². The highest BCUT2D eigenvalue weighted by atomic mass is 35.7. The lowest BCUT2D eigenvalue weighted by Crippen LogP contribution is -2.07. The highest BCUT2D eigenvalue weighted by Gasteiger charge is 2.16. The Balaban J connectivity index is 2.69. The van der Waals surface area contributed by atoms with Crippen LogP contribution < -0.4 is 4.90 Å². The molecular formula is C10H10ClNO2S2. The van der Waals surface area contributed by atoms with Gasteiger partial charge in [-0.05, 0) is 12.1 Å². The van der Waals surface area contributed by atoms with Gasteiger partial charge in [-0.3, -0.25) is 0 Å². The van der Waals surface area contributed by atoms with Crippen molar-refractivity contribution in [3.05, 3.63) is 23.6 Å². The lowest BCUT2D eigenvalue weighted by atomic mass is 10.2. The molecule has 0 saturated heterocycles. The minimum absolute atomic E-state index is 0.194. The van der Waals surface area contributed by atoms with E-state index in [-0.39, 0.29) is 4.90 Å². The summed E-state index contributed by atoms with van der Waals surface area (Å²) in [5.41, 5.74) is 1.04. The van der Waals surface area contributed by atoms with Crippen LogP contribution in [-0.2, 0) is 9.05 Å². The fourth-order valence-corrected chi connectivity index (χ4v) is 4.00. The molecule has 1 heterocycles. The second-order valence-electron chi connectivity index (χ2n) is 3.61. The van der Waals surface area contributed by atoms with Crippen molar-refractivity contribution in [3.63, 3.8) is 0 Å². The second kappa shape index (κ2) is 3.91. The number of benzene rings is 1. The van der Waals surface area contributed by atoms with E-state index in [1.165, 1.54) is 11.3 Å². The molecule has 0 aliphatic rings. The van der Waals surface area contributed by atoms with E-state index < -0.39 is 9.05 Å². The monoisotopic (exact) mass is 275 g/mol. The maximum Gasteiger partial charge on any atom is 0.262 e. The number of nitrogens with zero attached hydrogens (tertiary/aromatic N) is 1. The average Bonchev–Trinajstić information content (AvgIpc) is 2.58. The zero-order valence-corrected chi connectivity index (χ0v) is 11.2. The summed E-state index contributed by atoms with van der Waals surface area (Å²) in [5.74, 6) is 0. The van der Waals surface area contributed by atoms with E-state index in [1.54, 1.807) is 11.4 Å². The fraction of sp³-hybridized carbons (Fsp3) is 0.200. The van der Waals surface area contributed by atoms with Crippen LogP contribution in [-0.4, -0.2) is 22.5 Å². The van der Waals surface area contributed by atoms with Gasteiger partial charge >= 0.3 is 0 Å². The molecule has 0 N–H and O–H groups in total. The third-order valence-electron chi connectivity index (χ3n) is 2.30. The standard InChI is InChI=1S/C10H10ClNO2S2/c1-12(2)7-3-4-8-9(5-7)15-6-10(8)16(11,13)14/h3-6H,1-2H3. The minimum Gasteiger partial charge on any atom is -0.378 e. The quantitative estimate of drug-likeness (QED) is 0.791. The van der Waals surface area contributed by atoms with Crippen LogP contribution in [0.15, 0.2) is 28.5 Å². The third kappa shape index (κ3) is 2.03. The topological polar surface area (TPSA) is 37.4 Å². The van der Waals surface area contributed by atoms with Crippen LogP contribution in [0.4, 0.5) is 5.69 Å². The summed E-state index contributed by atoms with van der Waals surface area (Å²) in [6.45, 7) is 0. The highest BCUT2D eigenvalue weighted by Crippen LogP contribution is 2.33. The van der Waals surface area contributed by atoms with E-state index in [1.807, 2.05) is 31.1 Å². The first-order valence-electron chi connectivity index (χ1n) is 4.53. The van der Waals surface area contributed by atoms with E-state index in [0.29, 0.717) is 5.39 Å². The maximum atomic E-state index is 11.3. The Hall–Kier alpha value is -0.780. The molecule has 0 unspecified atom stereocenters. The van der Waals surface area contributed by atoms with Crippen molar-refractivity contribution in [1.82, 2.24) is 0 Å². The molecule has 0 atom stereocenters. The molecule has 0 amide bonds. The first-order valence-corrected chi connectivity index (χ1v) is 7.72. The number of fused-ring (bicyclic) bond motifs is 1. The normalized spacial score (nSPS) is 11.9. The van der Waals surface area contributed by atoms with Crippen molar-refractivity contribution in [1.29, 1.82) is 0 Å². The van der Waals surface area contributed by atoms with Crippen LogP contribution in [0.3, 0.4) is 0 Å². The summed E-state index contributed by atoms with van der Waals surface area (Å²) < 4.78 is 23.5. The summed E-state index contributed by atoms with van der Waals surface area (Å²) >= 11 is 1.38. The fourth-order valence-electron chi connectivity index (χ4n) is 1.46. The number of thiophene rings is 1. The SMILES string of the molecule is CN(C)c1ccc2c(S(=O)(=O)Cl)csc2c1. The summed E-state index contributed by atoms with van der Waals surface area (Å²) in [5, 5.41) is 2.26. The van der Waals surface area contributed by atoms with Gasteiger partial charge in [0, 0.05) is 45.9 Å². The van der Waals surface area contributed by atoms with Gasteiger partial charge in [0.25, 0.3) is 9.05 Å². The molecular weight excluding hydrogens is 266 g/mol. The second-order valence-corrected chi connectivity index (χ2v) is 7.06. The molecule has 1 aromatic heterocycles. The number of hydrogen-bond donors (Lipinski definition) is 0. The van der Waals surface area contributed by atoms with Crippen molar-refractivity contribution < 1.29 is 8.42 Å². The largest absolute Gasteiger partial charge is 0.378 e. The molecule has 0 radical (unpaired) electrons. The Morgan fingerprint density at radius 3 is 2.56 bits per heavy atom. The lowest BCUT2D eigenvalue weighted by Gasteiger charge is -2.11. The molecule has 2 aromatic rings. The van der Waals surface area contributed by atoms with Crippen LogP contribution in [0.25, 0.3) is 10.1 Å². The first kappa shape index (κ1) is 11.7. The molecule has 0 aliphatic heterocycles. The van der Waals surface area contributed by atoms with Crippen molar-refractivity contribution in [3.8, 4) is 0 Å². The molecule has 0 bridgehead atoms. The first-order chi connectivity index (χ1) is 7.39. The molecule has 6 heteroatoms. The minimum atomic E-state index is -3.65. The highest BCUT2D eigenvalue weighted by molar-refractivity contribution is 8.14. The van der Waals surface area contributed by atoms with Gasteiger partial charge in [-0.15, -0.1) is 11.3 Å². The number of halogens is 1. The van der Waals surface area contributed by atoms with Gasteiger partial charge in [0.1, 0.15) is 4.90 Å². The smallest absolute Gasteiger partial charge is 0.262 e. The Bertz CT molecular complexity index is 631. The van der Waals surface area contributed by atoms with Crippen LogP contribution >= 0.6 is 22.0 Å². The molecule has 16 heavy (non-hydrogen) atoms. The predicted octanol–water partition coefficient (Wildman–Crippen LogP) is 2.89. The number of rotatable bonds is 2. The van der Waals surface area contributed by atoms with Crippen LogP contribution in [0.1, 0.15) is 0 Å². The van der Waals surface area contributed by atoms with E-state index in [9.17, 15) is 8.42 Å². The molecule has 86 valence electrons. The van der Waals surface area contributed by atoms with Crippen molar-refractivity contribution >= 4 is 46.8 Å². The zero-order valence-electron chi connectivity index (χ0n) is 8.77. The van der Waals surface area contributed by atoms with Gasteiger partial charge in [-0.2, -0.15) is 0 Å². The lowest BCUT2D eigenvalue weighted by molar-refractivity contribution is 0.610. The molecule has 0 aliphatic carbocycles. The summed E-state index contributed by atoms with van der Waals surface area (Å²) in [7, 11) is 5.58. The molecule has 0 saturated carbocycles. The van der Waals surface area contributed by atoms with E-state index in [2.05, 4.69) is 0 Å². The van der Waals surface area contributed by atoms with Gasteiger partial charge in [-0.25, -0.2) is 8.42 Å². The van der Waals surface area contributed by atoms with Gasteiger partial charge in [0.15, 0.2) is 0 Å². The van der Waals surface area contributed by atoms with Crippen molar-refractivity contribution in [2.24, 2.45) is 0 Å². The summed E-state index contributed by atoms with van der Waals surface area (Å²) in [6, 6.07) is 5.61. The van der Waals surface area contributed by atoms with E-state index in [4.69, 9.17) is 10.7 Å². The Labute approximate surface area is 103 Å². The molecule has 0 spiro atoms.